The first-order valence-corrected chi connectivity index (χ1v) is 12.4. The number of rotatable bonds is 4. The van der Waals surface area contributed by atoms with Crippen molar-refractivity contribution in [2.75, 3.05) is 4.93 Å². The van der Waals surface area contributed by atoms with Gasteiger partial charge >= 0.3 is 0 Å². The van der Waals surface area contributed by atoms with Gasteiger partial charge in [-0.1, -0.05) is 54.5 Å². The number of nitrogens with zero attached hydrogens (tertiary/aromatic N) is 1. The van der Waals surface area contributed by atoms with Gasteiger partial charge < -0.3 is 0 Å². The number of hydrogen-bond donors (Lipinski definition) is 0. The standard InChI is InChI=1S/C10H10BrFO.C9H8BrFO.C2H3N.CH3I/c1-10(2,11)9(13)7-3-5-8(12)6-4-7;1-6(10)9(12)7-2-4-8(11)5-3-7;1-2-3;1-2/h3-6H,1-2H3;2-6H,1H3;1H3;1H3. The highest BCUT2D eigenvalue weighted by molar-refractivity contribution is 14.1. The average Bonchev–Trinajstić information content (AvgIpc) is 2.70. The van der Waals surface area contributed by atoms with Crippen LogP contribution in [0.3, 0.4) is 0 Å². The minimum Gasteiger partial charge on any atom is -0.293 e. The van der Waals surface area contributed by atoms with Crippen molar-refractivity contribution in [2.45, 2.75) is 36.8 Å². The van der Waals surface area contributed by atoms with Crippen molar-refractivity contribution in [1.82, 2.24) is 0 Å². The fraction of sp³-hybridized carbons (Fsp3) is 0.318. The number of nitriles is 1. The number of halogens is 5. The molecule has 0 N–H and O–H groups in total. The second-order valence-electron chi connectivity index (χ2n) is 6.02. The van der Waals surface area contributed by atoms with E-state index in [1.54, 1.807) is 26.8 Å². The van der Waals surface area contributed by atoms with Gasteiger partial charge in [-0.25, -0.2) is 8.78 Å². The molecule has 0 aliphatic heterocycles. The summed E-state index contributed by atoms with van der Waals surface area (Å²) in [5, 5.41) is 7.32. The molecule has 3 nitrogen and oxygen atoms in total. The van der Waals surface area contributed by atoms with E-state index in [0.717, 1.165) is 0 Å². The Kier molecular flexibility index (Phi) is 17.1. The zero-order valence-electron chi connectivity index (χ0n) is 17.3. The smallest absolute Gasteiger partial charge is 0.178 e. The Morgan fingerprint density at radius 1 is 0.967 bits per heavy atom. The van der Waals surface area contributed by atoms with Crippen LogP contribution in [0.4, 0.5) is 8.78 Å². The largest absolute Gasteiger partial charge is 0.293 e. The monoisotopic (exact) mass is 657 g/mol. The molecule has 0 aromatic heterocycles. The number of benzene rings is 2. The van der Waals surface area contributed by atoms with Crippen LogP contribution in [-0.4, -0.2) is 25.6 Å². The van der Waals surface area contributed by atoms with Crippen LogP contribution in [-0.2, 0) is 0 Å². The predicted octanol–water partition coefficient (Wildman–Crippen LogP) is 7.55. The third-order valence-corrected chi connectivity index (χ3v) is 3.91. The van der Waals surface area contributed by atoms with E-state index in [-0.39, 0.29) is 28.0 Å². The first kappa shape index (κ1) is 31.0. The highest BCUT2D eigenvalue weighted by atomic mass is 127. The van der Waals surface area contributed by atoms with Crippen molar-refractivity contribution in [3.8, 4) is 6.07 Å². The summed E-state index contributed by atoms with van der Waals surface area (Å²) in [6.07, 6.45) is 0. The van der Waals surface area contributed by atoms with Crippen molar-refractivity contribution in [3.05, 3.63) is 71.3 Å². The van der Waals surface area contributed by atoms with Crippen LogP contribution in [0.15, 0.2) is 48.5 Å². The van der Waals surface area contributed by atoms with Crippen molar-refractivity contribution >= 4 is 66.0 Å². The van der Waals surface area contributed by atoms with Gasteiger partial charge in [-0.3, -0.25) is 9.59 Å². The number of carbonyl (C=O) groups is 2. The second-order valence-corrected chi connectivity index (χ2v) is 9.38. The van der Waals surface area contributed by atoms with E-state index >= 15 is 0 Å². The molecular weight excluding hydrogens is 635 g/mol. The highest BCUT2D eigenvalue weighted by Crippen LogP contribution is 2.22. The quantitative estimate of drug-likeness (QED) is 0.194. The molecule has 1 atom stereocenters. The first-order chi connectivity index (χ1) is 13.9. The van der Waals surface area contributed by atoms with Gasteiger partial charge in [-0.15, -0.1) is 0 Å². The number of ketones is 2. The second kappa shape index (κ2) is 16.5. The minimum absolute atomic E-state index is 0.0324. The molecule has 0 bridgehead atoms. The Labute approximate surface area is 207 Å². The van der Waals surface area contributed by atoms with Crippen LogP contribution in [0.2, 0.25) is 0 Å². The fourth-order valence-corrected chi connectivity index (χ4v) is 2.28. The van der Waals surface area contributed by atoms with Crippen LogP contribution < -0.4 is 0 Å². The Morgan fingerprint density at radius 3 is 1.53 bits per heavy atom. The summed E-state index contributed by atoms with van der Waals surface area (Å²) in [6, 6.07) is 12.8. The molecule has 0 saturated heterocycles. The number of alkyl halides is 3. The Bertz CT molecular complexity index is 813. The van der Waals surface area contributed by atoms with E-state index in [4.69, 9.17) is 5.26 Å². The summed E-state index contributed by atoms with van der Waals surface area (Å²) in [5.74, 6) is -0.736. The molecule has 8 heteroatoms. The van der Waals surface area contributed by atoms with Crippen LogP contribution >= 0.6 is 54.5 Å². The maximum Gasteiger partial charge on any atom is 0.178 e. The van der Waals surface area contributed by atoms with Crippen LogP contribution in [0.1, 0.15) is 48.4 Å². The molecule has 30 heavy (non-hydrogen) atoms. The Hall–Kier alpha value is -1.18. The lowest BCUT2D eigenvalue weighted by molar-refractivity contribution is 0.0959. The molecule has 2 rings (SSSR count). The summed E-state index contributed by atoms with van der Waals surface area (Å²) < 4.78 is 24.4. The van der Waals surface area contributed by atoms with Gasteiger partial charge in [0.25, 0.3) is 0 Å². The Balaban J connectivity index is 0. The van der Waals surface area contributed by atoms with E-state index in [0.29, 0.717) is 11.1 Å². The molecule has 0 aliphatic carbocycles. The molecule has 0 aliphatic rings. The zero-order chi connectivity index (χ0) is 23.9. The van der Waals surface area contributed by atoms with E-state index < -0.39 is 4.32 Å². The van der Waals surface area contributed by atoms with E-state index in [9.17, 15) is 18.4 Å². The zero-order valence-corrected chi connectivity index (χ0v) is 22.7. The fourth-order valence-electron chi connectivity index (χ4n) is 1.79. The van der Waals surface area contributed by atoms with Gasteiger partial charge in [0, 0.05) is 18.1 Å². The van der Waals surface area contributed by atoms with Gasteiger partial charge in [-0.2, -0.15) is 5.26 Å². The average molecular weight is 659 g/mol. The molecule has 2 aromatic carbocycles. The van der Waals surface area contributed by atoms with Crippen LogP contribution in [0.25, 0.3) is 0 Å². The Morgan fingerprint density at radius 2 is 1.27 bits per heavy atom. The molecule has 164 valence electrons. The maximum absolute atomic E-state index is 12.5. The first-order valence-electron chi connectivity index (χ1n) is 8.55. The van der Waals surface area contributed by atoms with E-state index in [1.165, 1.54) is 55.5 Å². The lowest BCUT2D eigenvalue weighted by atomic mass is 10.0. The van der Waals surface area contributed by atoms with Crippen LogP contribution in [0, 0.1) is 23.0 Å². The third-order valence-electron chi connectivity index (χ3n) is 3.14. The lowest BCUT2D eigenvalue weighted by Crippen LogP contribution is -2.23. The van der Waals surface area contributed by atoms with Crippen LogP contribution in [0.5, 0.6) is 0 Å². The number of Topliss-reactive ketones (excluding diaryl/α,β-unsaturated/α-hetero) is 2. The number of hydrogen-bond acceptors (Lipinski definition) is 3. The molecule has 0 heterocycles. The minimum atomic E-state index is -0.592. The number of carbonyl (C=O) groups excluding carboxylic acids is 2. The molecule has 0 radical (unpaired) electrons. The van der Waals surface area contributed by atoms with Crippen molar-refractivity contribution < 1.29 is 18.4 Å². The molecule has 0 spiro atoms. The summed E-state index contributed by atoms with van der Waals surface area (Å²) in [5.41, 5.74) is 1.05. The van der Waals surface area contributed by atoms with Gasteiger partial charge in [0.05, 0.1) is 15.2 Å². The lowest BCUT2D eigenvalue weighted by Gasteiger charge is -2.13. The molecule has 1 unspecified atom stereocenters. The predicted molar refractivity (Wildman–Crippen MR) is 134 cm³/mol. The molecule has 0 fully saturated rings. The van der Waals surface area contributed by atoms with E-state index in [2.05, 4.69) is 54.5 Å². The normalized spacial score (nSPS) is 10.4. The van der Waals surface area contributed by atoms with E-state index in [1.807, 2.05) is 4.93 Å². The van der Waals surface area contributed by atoms with Gasteiger partial charge in [0.15, 0.2) is 11.6 Å². The molecular formula is C22H24Br2F2INO2. The summed E-state index contributed by atoms with van der Waals surface area (Å²) >= 11 is 8.56. The van der Waals surface area contributed by atoms with Crippen molar-refractivity contribution in [1.29, 1.82) is 5.26 Å². The molecule has 0 amide bonds. The molecule has 2 aromatic rings. The third kappa shape index (κ3) is 13.2. The van der Waals surface area contributed by atoms with Crippen molar-refractivity contribution in [2.24, 2.45) is 0 Å². The summed E-state index contributed by atoms with van der Waals surface area (Å²) in [7, 11) is 0. The highest BCUT2D eigenvalue weighted by Gasteiger charge is 2.24. The topological polar surface area (TPSA) is 57.9 Å². The van der Waals surface area contributed by atoms with Gasteiger partial charge in [0.1, 0.15) is 11.6 Å². The van der Waals surface area contributed by atoms with Gasteiger partial charge in [-0.05, 0) is 74.2 Å². The van der Waals surface area contributed by atoms with Crippen molar-refractivity contribution in [3.63, 3.8) is 0 Å². The molecule has 0 saturated carbocycles. The maximum atomic E-state index is 12.5. The SMILES string of the molecule is CC#N.CC(Br)C(=O)c1ccc(F)cc1.CC(C)(Br)C(=O)c1ccc(F)cc1.CI. The van der Waals surface area contributed by atoms with Gasteiger partial charge in [0.2, 0.25) is 0 Å². The summed E-state index contributed by atoms with van der Waals surface area (Å²) in [6.45, 7) is 6.70. The summed E-state index contributed by atoms with van der Waals surface area (Å²) in [4.78, 5) is 24.6.